The molecule has 0 spiro atoms. The molecule has 0 saturated carbocycles. The lowest BCUT2D eigenvalue weighted by molar-refractivity contribution is 0.413. The smallest absolute Gasteiger partial charge is 0.143 e. The number of para-hydroxylation sites is 1. The summed E-state index contributed by atoms with van der Waals surface area (Å²) in [5.41, 5.74) is 14.5. The molecule has 0 amide bonds. The number of imidazole rings is 1. The van der Waals surface area contributed by atoms with Crippen LogP contribution in [0, 0.1) is 0 Å². The highest BCUT2D eigenvalue weighted by molar-refractivity contribution is 6.12. The minimum absolute atomic E-state index is 0.0514. The quantitative estimate of drug-likeness (QED) is 0.201. The van der Waals surface area contributed by atoms with Gasteiger partial charge in [0.2, 0.25) is 0 Å². The number of hydrogen-bond acceptors (Lipinski definition) is 2. The van der Waals surface area contributed by atoms with E-state index in [1.165, 1.54) is 27.5 Å². The minimum Gasteiger partial charge on any atom is -0.354 e. The predicted octanol–water partition coefficient (Wildman–Crippen LogP) is 13.1. The van der Waals surface area contributed by atoms with Gasteiger partial charge in [-0.15, -0.1) is 0 Å². The fourth-order valence-electron chi connectivity index (χ4n) is 7.51. The summed E-state index contributed by atoms with van der Waals surface area (Å²) < 4.78 is 2.44. The number of aromatic amines is 1. The maximum absolute atomic E-state index is 5.61. The van der Waals surface area contributed by atoms with E-state index in [1.807, 2.05) is 6.20 Å². The number of hydrogen-bond donors (Lipinski definition) is 1. The molecule has 0 atom stereocenters. The Morgan fingerprint density at radius 1 is 0.538 bits per heavy atom. The molecule has 8 aromatic rings. The molecule has 0 radical (unpaired) electrons. The van der Waals surface area contributed by atoms with Crippen LogP contribution in [0.5, 0.6) is 0 Å². The van der Waals surface area contributed by atoms with Gasteiger partial charge in [0.1, 0.15) is 5.82 Å². The van der Waals surface area contributed by atoms with E-state index in [1.54, 1.807) is 0 Å². The lowest BCUT2D eigenvalue weighted by Gasteiger charge is -2.26. The van der Waals surface area contributed by atoms with Crippen LogP contribution >= 0.6 is 0 Å². The van der Waals surface area contributed by atoms with Crippen molar-refractivity contribution < 1.29 is 0 Å². The molecule has 52 heavy (non-hydrogen) atoms. The van der Waals surface area contributed by atoms with Crippen LogP contribution in [-0.4, -0.2) is 19.5 Å². The first-order valence-electron chi connectivity index (χ1n) is 18.4. The lowest BCUT2D eigenvalue weighted by Crippen LogP contribution is -2.23. The summed E-state index contributed by atoms with van der Waals surface area (Å²) in [5.74, 6) is 0.974. The van der Waals surface area contributed by atoms with Gasteiger partial charge in [-0.25, -0.2) is 4.98 Å². The molecule has 0 aliphatic heterocycles. The average Bonchev–Trinajstić information content (AvgIpc) is 3.70. The number of nitrogens with zero attached hydrogens (tertiary/aromatic N) is 3. The molecule has 5 aromatic carbocycles. The Kier molecular flexibility index (Phi) is 7.80. The molecule has 4 nitrogen and oxygen atoms in total. The van der Waals surface area contributed by atoms with Crippen molar-refractivity contribution in [2.75, 3.05) is 0 Å². The average molecular weight is 681 g/mol. The zero-order chi connectivity index (χ0) is 36.6. The van der Waals surface area contributed by atoms with E-state index in [0.717, 1.165) is 61.4 Å². The molecule has 3 heterocycles. The molecule has 0 bridgehead atoms. The highest BCUT2D eigenvalue weighted by Gasteiger charge is 2.28. The normalized spacial score (nSPS) is 12.7. The number of nitrogens with one attached hydrogen (secondary N) is 1. The molecule has 4 heteroatoms. The van der Waals surface area contributed by atoms with Gasteiger partial charge in [0, 0.05) is 44.7 Å². The number of fused-ring (bicyclic) bond motifs is 4. The van der Waals surface area contributed by atoms with Gasteiger partial charge < -0.3 is 9.55 Å². The maximum atomic E-state index is 5.61. The molecule has 0 aliphatic rings. The van der Waals surface area contributed by atoms with Gasteiger partial charge in [-0.2, -0.15) is 0 Å². The summed E-state index contributed by atoms with van der Waals surface area (Å²) in [6, 6.07) is 41.7. The van der Waals surface area contributed by atoms with Crippen molar-refractivity contribution in [3.8, 4) is 44.9 Å². The first-order valence-corrected chi connectivity index (χ1v) is 18.4. The minimum atomic E-state index is -0.234. The second-order valence-electron chi connectivity index (χ2n) is 17.3. The van der Waals surface area contributed by atoms with Crippen molar-refractivity contribution in [2.45, 2.75) is 78.7 Å². The largest absolute Gasteiger partial charge is 0.354 e. The molecule has 3 aromatic heterocycles. The number of aromatic nitrogens is 4. The Morgan fingerprint density at radius 2 is 1.23 bits per heavy atom. The number of benzene rings is 5. The summed E-state index contributed by atoms with van der Waals surface area (Å²) in [4.78, 5) is 14.3. The van der Waals surface area contributed by atoms with Crippen LogP contribution in [0.3, 0.4) is 0 Å². The standard InChI is InChI=1S/C48H48N4/c1-46(2,3)34-21-22-40-37(27-34)38-28-35(47(4,5)6)29-39(43(38)50-40)45-51-44-36(19-14-20-42(44)52(45)48(7,8)9)32-17-13-18-33(25-32)41-26-31(23-24-49-41)30-15-11-10-12-16-30/h10-29,50H,1-9H3. The van der Waals surface area contributed by atoms with Crippen molar-refractivity contribution in [3.05, 3.63) is 133 Å². The van der Waals surface area contributed by atoms with Crippen LogP contribution in [0.1, 0.15) is 73.4 Å². The zero-order valence-electron chi connectivity index (χ0n) is 31.9. The van der Waals surface area contributed by atoms with E-state index in [9.17, 15) is 0 Å². The van der Waals surface area contributed by atoms with E-state index < -0.39 is 0 Å². The summed E-state index contributed by atoms with van der Waals surface area (Å²) in [6.45, 7) is 20.6. The SMILES string of the molecule is CC(C)(C)c1ccc2[nH]c3c(-c4nc5c(-c6cccc(-c7cc(-c8ccccc8)ccn7)c6)cccc5n4C(C)(C)C)cc(C(C)(C)C)cc3c2c1. The second kappa shape index (κ2) is 12.1. The highest BCUT2D eigenvalue weighted by atomic mass is 15.1. The molecule has 0 fully saturated rings. The molecule has 0 saturated heterocycles. The summed E-state index contributed by atoms with van der Waals surface area (Å²) in [6.07, 6.45) is 1.91. The van der Waals surface area contributed by atoms with Gasteiger partial charge in [0.15, 0.2) is 0 Å². The second-order valence-corrected chi connectivity index (χ2v) is 17.3. The van der Waals surface area contributed by atoms with Gasteiger partial charge in [-0.05, 0) is 108 Å². The molecule has 8 rings (SSSR count). The Balaban J connectivity index is 1.35. The third-order valence-corrected chi connectivity index (χ3v) is 10.4. The van der Waals surface area contributed by atoms with Gasteiger partial charge in [-0.1, -0.05) is 108 Å². The van der Waals surface area contributed by atoms with Crippen molar-refractivity contribution in [1.82, 2.24) is 19.5 Å². The third kappa shape index (κ3) is 5.90. The molecule has 0 unspecified atom stereocenters. The topological polar surface area (TPSA) is 46.5 Å². The van der Waals surface area contributed by atoms with Gasteiger partial charge in [0.25, 0.3) is 0 Å². The van der Waals surface area contributed by atoms with E-state index in [4.69, 9.17) is 9.97 Å². The Bertz CT molecular complexity index is 2620. The maximum Gasteiger partial charge on any atom is 0.143 e. The number of rotatable bonds is 4. The van der Waals surface area contributed by atoms with Crippen molar-refractivity contribution >= 4 is 32.8 Å². The summed E-state index contributed by atoms with van der Waals surface area (Å²) in [5, 5.41) is 2.50. The van der Waals surface area contributed by atoms with Gasteiger partial charge in [-0.3, -0.25) is 4.98 Å². The Labute approximate surface area is 307 Å². The molecule has 0 aliphatic carbocycles. The number of H-pyrrole nitrogens is 1. The molecular formula is C48H48N4. The Morgan fingerprint density at radius 3 is 1.96 bits per heavy atom. The van der Waals surface area contributed by atoms with Crippen LogP contribution in [0.2, 0.25) is 0 Å². The van der Waals surface area contributed by atoms with E-state index in [0.29, 0.717) is 0 Å². The van der Waals surface area contributed by atoms with Crippen molar-refractivity contribution in [1.29, 1.82) is 0 Å². The van der Waals surface area contributed by atoms with Crippen LogP contribution in [0.4, 0.5) is 0 Å². The zero-order valence-corrected chi connectivity index (χ0v) is 31.9. The molecule has 1 N–H and O–H groups in total. The third-order valence-electron chi connectivity index (χ3n) is 10.4. The van der Waals surface area contributed by atoms with E-state index in [-0.39, 0.29) is 16.4 Å². The van der Waals surface area contributed by atoms with Crippen LogP contribution in [0.25, 0.3) is 77.7 Å². The molecule has 260 valence electrons. The lowest BCUT2D eigenvalue weighted by atomic mass is 9.84. The number of pyridine rings is 1. The van der Waals surface area contributed by atoms with E-state index >= 15 is 0 Å². The van der Waals surface area contributed by atoms with Crippen LogP contribution in [-0.2, 0) is 16.4 Å². The fraction of sp³-hybridized carbons (Fsp3) is 0.250. The first kappa shape index (κ1) is 33.7. The van der Waals surface area contributed by atoms with Crippen LogP contribution in [0.15, 0.2) is 121 Å². The first-order chi connectivity index (χ1) is 24.7. The van der Waals surface area contributed by atoms with Crippen LogP contribution < -0.4 is 0 Å². The summed E-state index contributed by atoms with van der Waals surface area (Å²) in [7, 11) is 0. The van der Waals surface area contributed by atoms with E-state index in [2.05, 4.69) is 187 Å². The molecular weight excluding hydrogens is 633 g/mol. The highest BCUT2D eigenvalue weighted by Crippen LogP contribution is 2.43. The summed E-state index contributed by atoms with van der Waals surface area (Å²) >= 11 is 0. The van der Waals surface area contributed by atoms with Gasteiger partial charge >= 0.3 is 0 Å². The Hall–Kier alpha value is -5.48. The predicted molar refractivity (Wildman–Crippen MR) is 221 cm³/mol. The monoisotopic (exact) mass is 680 g/mol. The van der Waals surface area contributed by atoms with Gasteiger partial charge in [0.05, 0.1) is 22.2 Å². The van der Waals surface area contributed by atoms with Crippen molar-refractivity contribution in [3.63, 3.8) is 0 Å². The van der Waals surface area contributed by atoms with Crippen molar-refractivity contribution in [2.24, 2.45) is 0 Å². The fourth-order valence-corrected chi connectivity index (χ4v) is 7.51.